The third kappa shape index (κ3) is 3.97. The smallest absolute Gasteiger partial charge is 0.308 e. The van der Waals surface area contributed by atoms with Crippen LogP contribution in [-0.4, -0.2) is 32.8 Å². The molecule has 0 radical (unpaired) electrons. The van der Waals surface area contributed by atoms with Gasteiger partial charge in [-0.25, -0.2) is 0 Å². The first-order valence-electron chi connectivity index (χ1n) is 7.50. The van der Waals surface area contributed by atoms with Crippen molar-refractivity contribution in [3.05, 3.63) is 53.3 Å². The van der Waals surface area contributed by atoms with Crippen LogP contribution in [0.5, 0.6) is 0 Å². The lowest BCUT2D eigenvalue weighted by Crippen LogP contribution is -2.40. The van der Waals surface area contributed by atoms with Gasteiger partial charge in [0.25, 0.3) is 5.91 Å². The summed E-state index contributed by atoms with van der Waals surface area (Å²) in [6.07, 6.45) is 1.52. The first kappa shape index (κ1) is 16.7. The molecule has 2 N–H and O–H groups in total. The van der Waals surface area contributed by atoms with Crippen LogP contribution < -0.4 is 5.32 Å². The highest BCUT2D eigenvalue weighted by molar-refractivity contribution is 5.95. The summed E-state index contributed by atoms with van der Waals surface area (Å²) in [4.78, 5) is 23.3. The molecule has 1 aromatic heterocycles. The molecule has 1 amide bonds. The van der Waals surface area contributed by atoms with Gasteiger partial charge in [-0.3, -0.25) is 14.3 Å². The van der Waals surface area contributed by atoms with Crippen molar-refractivity contribution in [2.24, 2.45) is 5.92 Å². The van der Waals surface area contributed by atoms with E-state index in [1.165, 1.54) is 6.20 Å². The number of amides is 1. The van der Waals surface area contributed by atoms with Crippen molar-refractivity contribution in [2.45, 2.75) is 33.4 Å². The van der Waals surface area contributed by atoms with E-state index in [4.69, 9.17) is 5.11 Å². The fraction of sp³-hybridized carbons (Fsp3) is 0.353. The van der Waals surface area contributed by atoms with Crippen molar-refractivity contribution >= 4 is 11.9 Å². The SMILES string of the molecule is Cc1c(C(=O)NC(C)C(C)C(=O)O)cnn1Cc1ccccc1. The second-order valence-electron chi connectivity index (χ2n) is 5.68. The van der Waals surface area contributed by atoms with Crippen molar-refractivity contribution in [3.8, 4) is 0 Å². The van der Waals surface area contributed by atoms with Crippen LogP contribution in [0.15, 0.2) is 36.5 Å². The molecule has 0 fully saturated rings. The first-order valence-corrected chi connectivity index (χ1v) is 7.50. The Morgan fingerprint density at radius 1 is 1.26 bits per heavy atom. The summed E-state index contributed by atoms with van der Waals surface area (Å²) in [5, 5.41) is 16.0. The number of aromatic nitrogens is 2. The van der Waals surface area contributed by atoms with E-state index < -0.39 is 17.9 Å². The lowest BCUT2D eigenvalue weighted by Gasteiger charge is -2.17. The van der Waals surface area contributed by atoms with Gasteiger partial charge in [0, 0.05) is 11.7 Å². The number of nitrogens with zero attached hydrogens (tertiary/aromatic N) is 2. The van der Waals surface area contributed by atoms with E-state index in [1.54, 1.807) is 18.5 Å². The molecule has 1 aromatic carbocycles. The number of hydrogen-bond acceptors (Lipinski definition) is 3. The molecule has 0 saturated carbocycles. The van der Waals surface area contributed by atoms with E-state index >= 15 is 0 Å². The Labute approximate surface area is 135 Å². The third-order valence-electron chi connectivity index (χ3n) is 4.02. The number of carboxylic acids is 1. The maximum absolute atomic E-state index is 12.3. The summed E-state index contributed by atoms with van der Waals surface area (Å²) in [5.41, 5.74) is 2.31. The van der Waals surface area contributed by atoms with Gasteiger partial charge in [0.1, 0.15) is 0 Å². The van der Waals surface area contributed by atoms with Gasteiger partial charge in [-0.1, -0.05) is 30.3 Å². The molecule has 0 aliphatic carbocycles. The minimum atomic E-state index is -0.936. The summed E-state index contributed by atoms with van der Waals surface area (Å²) in [7, 11) is 0. The Bertz CT molecular complexity index is 694. The minimum Gasteiger partial charge on any atom is -0.481 e. The number of rotatable bonds is 6. The lowest BCUT2D eigenvalue weighted by molar-refractivity contribution is -0.141. The number of hydrogen-bond donors (Lipinski definition) is 2. The van der Waals surface area contributed by atoms with Crippen molar-refractivity contribution in [2.75, 3.05) is 0 Å². The number of benzene rings is 1. The predicted molar refractivity (Wildman–Crippen MR) is 86.2 cm³/mol. The Balaban J connectivity index is 2.09. The number of aliphatic carboxylic acids is 1. The fourth-order valence-electron chi connectivity index (χ4n) is 2.21. The predicted octanol–water partition coefficient (Wildman–Crippen LogP) is 2.08. The van der Waals surface area contributed by atoms with E-state index in [-0.39, 0.29) is 5.91 Å². The van der Waals surface area contributed by atoms with Crippen molar-refractivity contribution in [1.82, 2.24) is 15.1 Å². The summed E-state index contributed by atoms with van der Waals surface area (Å²) < 4.78 is 1.76. The fourth-order valence-corrected chi connectivity index (χ4v) is 2.21. The molecule has 122 valence electrons. The maximum atomic E-state index is 12.3. The first-order chi connectivity index (χ1) is 10.9. The van der Waals surface area contributed by atoms with Crippen LogP contribution in [-0.2, 0) is 11.3 Å². The zero-order chi connectivity index (χ0) is 17.0. The zero-order valence-corrected chi connectivity index (χ0v) is 13.5. The highest BCUT2D eigenvalue weighted by Crippen LogP contribution is 2.11. The van der Waals surface area contributed by atoms with Gasteiger partial charge in [-0.05, 0) is 26.3 Å². The van der Waals surface area contributed by atoms with Crippen LogP contribution in [0.3, 0.4) is 0 Å². The molecule has 2 unspecified atom stereocenters. The lowest BCUT2D eigenvalue weighted by atomic mass is 10.0. The molecule has 2 rings (SSSR count). The highest BCUT2D eigenvalue weighted by Gasteiger charge is 2.23. The van der Waals surface area contributed by atoms with Crippen LogP contribution in [0.4, 0.5) is 0 Å². The minimum absolute atomic E-state index is 0.303. The van der Waals surface area contributed by atoms with E-state index in [0.717, 1.165) is 11.3 Å². The van der Waals surface area contributed by atoms with Crippen molar-refractivity contribution in [1.29, 1.82) is 0 Å². The van der Waals surface area contributed by atoms with Crippen LogP contribution in [0.2, 0.25) is 0 Å². The summed E-state index contributed by atoms with van der Waals surface area (Å²) in [6.45, 7) is 5.66. The standard InChI is InChI=1S/C17H21N3O3/c1-11(17(22)23)12(2)19-16(21)15-9-18-20(13(15)3)10-14-7-5-4-6-8-14/h4-9,11-12H,10H2,1-3H3,(H,19,21)(H,22,23). The molecule has 0 aliphatic rings. The molecule has 23 heavy (non-hydrogen) atoms. The molecular weight excluding hydrogens is 294 g/mol. The average molecular weight is 315 g/mol. The third-order valence-corrected chi connectivity index (χ3v) is 4.02. The van der Waals surface area contributed by atoms with Crippen LogP contribution in [0, 0.1) is 12.8 Å². The van der Waals surface area contributed by atoms with Crippen LogP contribution >= 0.6 is 0 Å². The van der Waals surface area contributed by atoms with E-state index in [0.29, 0.717) is 12.1 Å². The largest absolute Gasteiger partial charge is 0.481 e. The summed E-state index contributed by atoms with van der Waals surface area (Å²) in [5.74, 6) is -1.89. The molecular formula is C17H21N3O3. The van der Waals surface area contributed by atoms with Gasteiger partial charge in [0.05, 0.1) is 24.2 Å². The summed E-state index contributed by atoms with van der Waals surface area (Å²) >= 11 is 0. The van der Waals surface area contributed by atoms with Gasteiger partial charge in [0.15, 0.2) is 0 Å². The van der Waals surface area contributed by atoms with Crippen LogP contribution in [0.25, 0.3) is 0 Å². The number of carbonyl (C=O) groups is 2. The number of carbonyl (C=O) groups excluding carboxylic acids is 1. The van der Waals surface area contributed by atoms with Gasteiger partial charge in [-0.2, -0.15) is 5.10 Å². The van der Waals surface area contributed by atoms with E-state index in [1.807, 2.05) is 37.3 Å². The van der Waals surface area contributed by atoms with E-state index in [9.17, 15) is 9.59 Å². The van der Waals surface area contributed by atoms with Gasteiger partial charge in [0.2, 0.25) is 0 Å². The molecule has 6 nitrogen and oxygen atoms in total. The Morgan fingerprint density at radius 3 is 2.52 bits per heavy atom. The Morgan fingerprint density at radius 2 is 1.91 bits per heavy atom. The normalized spacial score (nSPS) is 13.3. The summed E-state index contributed by atoms with van der Waals surface area (Å²) in [6, 6.07) is 9.39. The molecule has 2 aromatic rings. The highest BCUT2D eigenvalue weighted by atomic mass is 16.4. The Hall–Kier alpha value is -2.63. The van der Waals surface area contributed by atoms with Gasteiger partial charge >= 0.3 is 5.97 Å². The van der Waals surface area contributed by atoms with Crippen LogP contribution in [0.1, 0.15) is 35.5 Å². The van der Waals surface area contributed by atoms with Crippen molar-refractivity contribution in [3.63, 3.8) is 0 Å². The van der Waals surface area contributed by atoms with Gasteiger partial charge in [-0.15, -0.1) is 0 Å². The number of carboxylic acid groups (broad SMARTS) is 1. The number of nitrogens with one attached hydrogen (secondary N) is 1. The Kier molecular flexibility index (Phi) is 5.16. The second-order valence-corrected chi connectivity index (χ2v) is 5.68. The second kappa shape index (κ2) is 7.09. The quantitative estimate of drug-likeness (QED) is 0.855. The molecule has 6 heteroatoms. The average Bonchev–Trinajstić information content (AvgIpc) is 2.88. The molecule has 2 atom stereocenters. The molecule has 0 saturated heterocycles. The molecule has 0 bridgehead atoms. The maximum Gasteiger partial charge on any atom is 0.308 e. The molecule has 0 spiro atoms. The molecule has 0 aliphatic heterocycles. The van der Waals surface area contributed by atoms with Gasteiger partial charge < -0.3 is 10.4 Å². The monoisotopic (exact) mass is 315 g/mol. The zero-order valence-electron chi connectivity index (χ0n) is 13.5. The topological polar surface area (TPSA) is 84.2 Å². The van der Waals surface area contributed by atoms with E-state index in [2.05, 4.69) is 10.4 Å². The van der Waals surface area contributed by atoms with Crippen molar-refractivity contribution < 1.29 is 14.7 Å². The molecule has 1 heterocycles.